The quantitative estimate of drug-likeness (QED) is 0.656. The van der Waals surface area contributed by atoms with Gasteiger partial charge in [0.15, 0.2) is 0 Å². The third-order valence-electron chi connectivity index (χ3n) is 3.87. The summed E-state index contributed by atoms with van der Waals surface area (Å²) in [5.74, 6) is -1.71. The van der Waals surface area contributed by atoms with Crippen LogP contribution in [0.2, 0.25) is 0 Å². The second kappa shape index (κ2) is 6.04. The van der Waals surface area contributed by atoms with Crippen molar-refractivity contribution in [3.05, 3.63) is 64.7 Å². The minimum atomic E-state index is -4.03. The Hall–Kier alpha value is -2.74. The third-order valence-corrected chi connectivity index (χ3v) is 5.23. The molecular formula is C16H14N2O5S. The lowest BCUT2D eigenvalue weighted by Crippen LogP contribution is -2.33. The number of benzene rings is 2. The van der Waals surface area contributed by atoms with Gasteiger partial charge in [0, 0.05) is 11.3 Å². The van der Waals surface area contributed by atoms with Crippen LogP contribution in [0.15, 0.2) is 59.5 Å². The molecule has 0 bridgehead atoms. The molecule has 1 aliphatic carbocycles. The van der Waals surface area contributed by atoms with Gasteiger partial charge in [-0.3, -0.25) is 14.9 Å². The van der Waals surface area contributed by atoms with Crippen molar-refractivity contribution in [2.24, 2.45) is 5.92 Å². The first-order valence-corrected chi connectivity index (χ1v) is 8.72. The highest BCUT2D eigenvalue weighted by atomic mass is 32.2. The van der Waals surface area contributed by atoms with Crippen molar-refractivity contribution in [3.8, 4) is 11.1 Å². The van der Waals surface area contributed by atoms with E-state index in [0.717, 1.165) is 11.1 Å². The maximum Gasteiger partial charge on any atom is 0.264 e. The summed E-state index contributed by atoms with van der Waals surface area (Å²) in [5, 5.41) is 10.6. The zero-order valence-electron chi connectivity index (χ0n) is 12.5. The van der Waals surface area contributed by atoms with Gasteiger partial charge < -0.3 is 0 Å². The topological polar surface area (TPSA) is 106 Å². The Kier molecular flexibility index (Phi) is 4.06. The molecule has 0 aliphatic heterocycles. The number of hydrogen-bond acceptors (Lipinski definition) is 5. The average molecular weight is 346 g/mol. The molecule has 2 unspecified atom stereocenters. The van der Waals surface area contributed by atoms with E-state index in [1.165, 1.54) is 12.1 Å². The Bertz CT molecular complexity index is 878. The molecule has 8 heteroatoms. The number of hydrogen-bond donors (Lipinski definition) is 1. The maximum absolute atomic E-state index is 12.2. The Morgan fingerprint density at radius 2 is 1.62 bits per heavy atom. The van der Waals surface area contributed by atoms with E-state index >= 15 is 0 Å². The van der Waals surface area contributed by atoms with Crippen LogP contribution < -0.4 is 4.72 Å². The minimum absolute atomic E-state index is 0.0613. The normalized spacial score (nSPS) is 19.5. The lowest BCUT2D eigenvalue weighted by Gasteiger charge is -2.07. The lowest BCUT2D eigenvalue weighted by molar-refractivity contribution is -0.497. The van der Waals surface area contributed by atoms with Crippen molar-refractivity contribution in [1.29, 1.82) is 0 Å². The molecule has 1 N–H and O–H groups in total. The van der Waals surface area contributed by atoms with Crippen LogP contribution in [0.1, 0.15) is 6.42 Å². The monoisotopic (exact) mass is 346 g/mol. The molecule has 0 saturated heterocycles. The molecule has 1 aliphatic rings. The van der Waals surface area contributed by atoms with Gasteiger partial charge in [0.25, 0.3) is 10.0 Å². The van der Waals surface area contributed by atoms with Crippen LogP contribution >= 0.6 is 0 Å². The van der Waals surface area contributed by atoms with Gasteiger partial charge in [-0.25, -0.2) is 13.1 Å². The number of nitrogens with zero attached hydrogens (tertiary/aromatic N) is 1. The highest BCUT2D eigenvalue weighted by Gasteiger charge is 2.54. The molecule has 24 heavy (non-hydrogen) atoms. The molecule has 1 fully saturated rings. The van der Waals surface area contributed by atoms with E-state index in [9.17, 15) is 23.3 Å². The molecule has 0 spiro atoms. The number of rotatable bonds is 5. The summed E-state index contributed by atoms with van der Waals surface area (Å²) in [6.07, 6.45) is 0.0707. The molecule has 3 rings (SSSR count). The van der Waals surface area contributed by atoms with Crippen LogP contribution in [0.3, 0.4) is 0 Å². The van der Waals surface area contributed by atoms with E-state index in [-0.39, 0.29) is 11.3 Å². The fourth-order valence-corrected chi connectivity index (χ4v) is 3.45. The number of carbonyl (C=O) groups is 1. The van der Waals surface area contributed by atoms with E-state index in [0.29, 0.717) is 0 Å². The third kappa shape index (κ3) is 3.28. The van der Waals surface area contributed by atoms with Crippen molar-refractivity contribution in [1.82, 2.24) is 4.72 Å². The fraction of sp³-hybridized carbons (Fsp3) is 0.188. The number of amides is 1. The molecule has 0 heterocycles. The van der Waals surface area contributed by atoms with Crippen molar-refractivity contribution in [2.75, 3.05) is 0 Å². The molecule has 7 nitrogen and oxygen atoms in total. The molecule has 2 aromatic carbocycles. The van der Waals surface area contributed by atoms with Crippen LogP contribution in [-0.2, 0) is 14.8 Å². The van der Waals surface area contributed by atoms with E-state index in [2.05, 4.69) is 0 Å². The van der Waals surface area contributed by atoms with Crippen LogP contribution in [0.4, 0.5) is 0 Å². The first kappa shape index (κ1) is 16.1. The highest BCUT2D eigenvalue weighted by molar-refractivity contribution is 7.90. The van der Waals surface area contributed by atoms with Crippen molar-refractivity contribution >= 4 is 15.9 Å². The zero-order chi connectivity index (χ0) is 17.3. The van der Waals surface area contributed by atoms with Crippen LogP contribution in [0.25, 0.3) is 11.1 Å². The summed E-state index contributed by atoms with van der Waals surface area (Å²) < 4.78 is 26.3. The smallest absolute Gasteiger partial charge is 0.264 e. The lowest BCUT2D eigenvalue weighted by atomic mass is 10.1. The fourth-order valence-electron chi connectivity index (χ4n) is 2.42. The Morgan fingerprint density at radius 3 is 2.17 bits per heavy atom. The molecule has 0 aromatic heterocycles. The summed E-state index contributed by atoms with van der Waals surface area (Å²) in [6.45, 7) is 0. The predicted molar refractivity (Wildman–Crippen MR) is 86.1 cm³/mol. The van der Waals surface area contributed by atoms with Crippen LogP contribution in [0, 0.1) is 16.0 Å². The number of carbonyl (C=O) groups excluding carboxylic acids is 1. The first-order chi connectivity index (χ1) is 11.4. The largest absolute Gasteiger partial charge is 0.273 e. The van der Waals surface area contributed by atoms with Gasteiger partial charge in [-0.2, -0.15) is 0 Å². The van der Waals surface area contributed by atoms with Gasteiger partial charge in [0.2, 0.25) is 11.9 Å². The van der Waals surface area contributed by atoms with Gasteiger partial charge in [-0.05, 0) is 23.3 Å². The van der Waals surface area contributed by atoms with Crippen molar-refractivity contribution < 1.29 is 18.1 Å². The molecular weight excluding hydrogens is 332 g/mol. The molecule has 2 aromatic rings. The van der Waals surface area contributed by atoms with E-state index < -0.39 is 32.8 Å². The minimum Gasteiger partial charge on any atom is -0.273 e. The highest BCUT2D eigenvalue weighted by Crippen LogP contribution is 2.33. The van der Waals surface area contributed by atoms with Crippen LogP contribution in [0.5, 0.6) is 0 Å². The molecule has 124 valence electrons. The Balaban J connectivity index is 1.73. The SMILES string of the molecule is O=C(NS(=O)(=O)c1ccc(-c2ccccc2)cc1)C1CC1[N+](=O)[O-]. The number of nitrogens with one attached hydrogen (secondary N) is 1. The van der Waals surface area contributed by atoms with Gasteiger partial charge >= 0.3 is 0 Å². The second-order valence-corrected chi connectivity index (χ2v) is 7.24. The maximum atomic E-state index is 12.2. The molecule has 0 radical (unpaired) electrons. The van der Waals surface area contributed by atoms with Gasteiger partial charge in [-0.1, -0.05) is 42.5 Å². The summed E-state index contributed by atoms with van der Waals surface area (Å²) in [6, 6.07) is 14.5. The Labute approximate surface area is 138 Å². The average Bonchev–Trinajstić information content (AvgIpc) is 3.36. The van der Waals surface area contributed by atoms with E-state index in [1.807, 2.05) is 35.1 Å². The van der Waals surface area contributed by atoms with E-state index in [1.54, 1.807) is 12.1 Å². The number of sulfonamides is 1. The van der Waals surface area contributed by atoms with Gasteiger partial charge in [0.1, 0.15) is 5.92 Å². The summed E-state index contributed by atoms with van der Waals surface area (Å²) in [5.41, 5.74) is 1.79. The first-order valence-electron chi connectivity index (χ1n) is 7.24. The van der Waals surface area contributed by atoms with Gasteiger partial charge in [-0.15, -0.1) is 0 Å². The summed E-state index contributed by atoms with van der Waals surface area (Å²) >= 11 is 0. The summed E-state index contributed by atoms with van der Waals surface area (Å²) in [7, 11) is -4.03. The molecule has 1 amide bonds. The zero-order valence-corrected chi connectivity index (χ0v) is 13.3. The predicted octanol–water partition coefficient (Wildman–Crippen LogP) is 1.82. The molecule has 1 saturated carbocycles. The Morgan fingerprint density at radius 1 is 1.04 bits per heavy atom. The molecule has 2 atom stereocenters. The second-order valence-electron chi connectivity index (χ2n) is 5.56. The van der Waals surface area contributed by atoms with Crippen molar-refractivity contribution in [3.63, 3.8) is 0 Å². The van der Waals surface area contributed by atoms with Crippen molar-refractivity contribution in [2.45, 2.75) is 17.4 Å². The van der Waals surface area contributed by atoms with E-state index in [4.69, 9.17) is 0 Å². The number of nitro groups is 1. The standard InChI is InChI=1S/C16H14N2O5S/c19-16(14-10-15(14)18(20)21)17-24(22,23)13-8-6-12(7-9-13)11-4-2-1-3-5-11/h1-9,14-15H,10H2,(H,17,19). The summed E-state index contributed by atoms with van der Waals surface area (Å²) in [4.78, 5) is 21.7. The van der Waals surface area contributed by atoms with Gasteiger partial charge in [0.05, 0.1) is 4.90 Å². The van der Waals surface area contributed by atoms with Crippen LogP contribution in [-0.4, -0.2) is 25.3 Å².